The number of pyridine rings is 1. The molecule has 1 N–H and O–H groups in total. The van der Waals surface area contributed by atoms with Crippen molar-refractivity contribution in [2.24, 2.45) is 0 Å². The van der Waals surface area contributed by atoms with E-state index < -0.39 is 0 Å². The molecule has 0 amide bonds. The molecule has 1 saturated heterocycles. The zero-order chi connectivity index (χ0) is 15.4. The lowest BCUT2D eigenvalue weighted by atomic mass is 10.2. The third-order valence-electron chi connectivity index (χ3n) is 3.65. The van der Waals surface area contributed by atoms with E-state index in [1.165, 1.54) is 5.69 Å². The number of hydrogen-bond acceptors (Lipinski definition) is 3. The molecule has 22 heavy (non-hydrogen) atoms. The highest BCUT2D eigenvalue weighted by atomic mass is 35.5. The molecule has 2 heterocycles. The molecular weight excluding hydrogens is 316 g/mol. The highest BCUT2D eigenvalue weighted by Gasteiger charge is 2.19. The Morgan fingerprint density at radius 3 is 2.64 bits per heavy atom. The van der Waals surface area contributed by atoms with Crippen LogP contribution in [-0.2, 0) is 0 Å². The first-order valence-corrected chi connectivity index (χ1v) is 7.97. The van der Waals surface area contributed by atoms with Gasteiger partial charge in [-0.25, -0.2) is 0 Å². The number of piperazine rings is 1. The first-order chi connectivity index (χ1) is 10.7. The average molecular weight is 333 g/mol. The monoisotopic (exact) mass is 332 g/mol. The molecule has 0 radical (unpaired) electrons. The van der Waals surface area contributed by atoms with Gasteiger partial charge in [0.1, 0.15) is 0 Å². The summed E-state index contributed by atoms with van der Waals surface area (Å²) >= 11 is 11.5. The minimum Gasteiger partial charge on any atom is -0.368 e. The Morgan fingerprint density at radius 2 is 1.95 bits per heavy atom. The summed E-state index contributed by atoms with van der Waals surface area (Å²) in [6.45, 7) is 3.63. The molecule has 1 aliphatic rings. The minimum absolute atomic E-state index is 0.749. The molecule has 1 aromatic heterocycles. The van der Waals surface area contributed by atoms with Crippen LogP contribution in [0.2, 0.25) is 5.02 Å². The fraction of sp³-hybridized carbons (Fsp3) is 0.250. The van der Waals surface area contributed by atoms with Gasteiger partial charge >= 0.3 is 0 Å². The number of anilines is 2. The third kappa shape index (κ3) is 3.67. The first kappa shape index (κ1) is 15.1. The van der Waals surface area contributed by atoms with Crippen molar-refractivity contribution in [3.8, 4) is 0 Å². The quantitative estimate of drug-likeness (QED) is 0.853. The molecule has 1 aliphatic heterocycles. The topological polar surface area (TPSA) is 31.4 Å². The first-order valence-electron chi connectivity index (χ1n) is 7.19. The number of nitrogens with zero attached hydrogens (tertiary/aromatic N) is 3. The van der Waals surface area contributed by atoms with Crippen molar-refractivity contribution in [2.75, 3.05) is 36.4 Å². The summed E-state index contributed by atoms with van der Waals surface area (Å²) in [4.78, 5) is 8.59. The standard InChI is InChI=1S/C16H17ClN4S/c17-13-3-1-5-15(11-13)20-7-9-21(10-8-20)16(22)19-14-4-2-6-18-12-14/h1-6,11-12H,7-10H2,(H,19,22). The summed E-state index contributed by atoms with van der Waals surface area (Å²) in [5, 5.41) is 4.75. The van der Waals surface area contributed by atoms with Gasteiger partial charge in [-0.3, -0.25) is 4.98 Å². The van der Waals surface area contributed by atoms with Crippen LogP contribution in [0.1, 0.15) is 0 Å². The molecule has 1 fully saturated rings. The van der Waals surface area contributed by atoms with Gasteiger partial charge in [-0.05, 0) is 42.5 Å². The predicted octanol–water partition coefficient (Wildman–Crippen LogP) is 3.25. The molecule has 3 rings (SSSR count). The van der Waals surface area contributed by atoms with Crippen molar-refractivity contribution in [1.82, 2.24) is 9.88 Å². The second kappa shape index (κ2) is 6.94. The molecular formula is C16H17ClN4S. The molecule has 1 aromatic carbocycles. The number of benzene rings is 1. The Morgan fingerprint density at radius 1 is 1.14 bits per heavy atom. The molecule has 0 saturated carbocycles. The summed E-state index contributed by atoms with van der Waals surface area (Å²) in [5.41, 5.74) is 2.09. The lowest BCUT2D eigenvalue weighted by Crippen LogP contribution is -2.50. The Kier molecular flexibility index (Phi) is 4.75. The highest BCUT2D eigenvalue weighted by Crippen LogP contribution is 2.21. The van der Waals surface area contributed by atoms with E-state index in [1.54, 1.807) is 12.4 Å². The zero-order valence-corrected chi connectivity index (χ0v) is 13.6. The van der Waals surface area contributed by atoms with Crippen molar-refractivity contribution >= 4 is 40.3 Å². The van der Waals surface area contributed by atoms with Crippen LogP contribution in [-0.4, -0.2) is 41.2 Å². The molecule has 0 aliphatic carbocycles. The van der Waals surface area contributed by atoms with Gasteiger partial charge in [-0.2, -0.15) is 0 Å². The van der Waals surface area contributed by atoms with Gasteiger partial charge in [0.25, 0.3) is 0 Å². The minimum atomic E-state index is 0.749. The van der Waals surface area contributed by atoms with E-state index in [0.717, 1.165) is 42.0 Å². The van der Waals surface area contributed by atoms with E-state index in [0.29, 0.717) is 0 Å². The highest BCUT2D eigenvalue weighted by molar-refractivity contribution is 7.80. The van der Waals surface area contributed by atoms with Gasteiger partial charge in [0, 0.05) is 43.1 Å². The maximum Gasteiger partial charge on any atom is 0.173 e. The summed E-state index contributed by atoms with van der Waals surface area (Å²) in [7, 11) is 0. The van der Waals surface area contributed by atoms with Crippen molar-refractivity contribution < 1.29 is 0 Å². The fourth-order valence-corrected chi connectivity index (χ4v) is 2.96. The number of thiocarbonyl (C=S) groups is 1. The van der Waals surface area contributed by atoms with Crippen LogP contribution in [0.5, 0.6) is 0 Å². The maximum absolute atomic E-state index is 6.06. The van der Waals surface area contributed by atoms with Gasteiger partial charge in [-0.15, -0.1) is 0 Å². The van der Waals surface area contributed by atoms with Crippen LogP contribution in [0.25, 0.3) is 0 Å². The number of nitrogens with one attached hydrogen (secondary N) is 1. The van der Waals surface area contributed by atoms with E-state index in [-0.39, 0.29) is 0 Å². The van der Waals surface area contributed by atoms with E-state index in [1.807, 2.05) is 30.3 Å². The molecule has 0 spiro atoms. The van der Waals surface area contributed by atoms with Crippen LogP contribution in [0, 0.1) is 0 Å². The molecule has 2 aromatic rings. The zero-order valence-electron chi connectivity index (χ0n) is 12.1. The Labute approximate surface area is 140 Å². The van der Waals surface area contributed by atoms with Gasteiger partial charge in [0.15, 0.2) is 5.11 Å². The van der Waals surface area contributed by atoms with E-state index in [4.69, 9.17) is 23.8 Å². The van der Waals surface area contributed by atoms with Crippen LogP contribution in [0.3, 0.4) is 0 Å². The molecule has 0 unspecified atom stereocenters. The van der Waals surface area contributed by atoms with E-state index in [9.17, 15) is 0 Å². The lowest BCUT2D eigenvalue weighted by Gasteiger charge is -2.37. The fourth-order valence-electron chi connectivity index (χ4n) is 2.48. The normalized spacial score (nSPS) is 14.8. The Hall–Kier alpha value is -1.85. The predicted molar refractivity (Wildman–Crippen MR) is 95.7 cm³/mol. The maximum atomic E-state index is 6.06. The van der Waals surface area contributed by atoms with Gasteiger partial charge in [-0.1, -0.05) is 17.7 Å². The smallest absolute Gasteiger partial charge is 0.173 e. The molecule has 0 bridgehead atoms. The van der Waals surface area contributed by atoms with Crippen LogP contribution >= 0.6 is 23.8 Å². The Balaban J connectivity index is 1.56. The second-order valence-electron chi connectivity index (χ2n) is 5.13. The average Bonchev–Trinajstić information content (AvgIpc) is 2.56. The van der Waals surface area contributed by atoms with Gasteiger partial charge in [0.2, 0.25) is 0 Å². The van der Waals surface area contributed by atoms with Crippen molar-refractivity contribution in [2.45, 2.75) is 0 Å². The number of hydrogen-bond donors (Lipinski definition) is 1. The second-order valence-corrected chi connectivity index (χ2v) is 5.95. The van der Waals surface area contributed by atoms with Crippen LogP contribution in [0.4, 0.5) is 11.4 Å². The summed E-state index contributed by atoms with van der Waals surface area (Å²) < 4.78 is 0. The lowest BCUT2D eigenvalue weighted by molar-refractivity contribution is 0.391. The van der Waals surface area contributed by atoms with Crippen LogP contribution in [0.15, 0.2) is 48.8 Å². The van der Waals surface area contributed by atoms with Crippen molar-refractivity contribution in [3.05, 3.63) is 53.8 Å². The molecule has 6 heteroatoms. The SMILES string of the molecule is S=C(Nc1cccnc1)N1CCN(c2cccc(Cl)c2)CC1. The van der Waals surface area contributed by atoms with Crippen LogP contribution < -0.4 is 10.2 Å². The summed E-state index contributed by atoms with van der Waals surface area (Å²) in [6, 6.07) is 11.8. The summed E-state index contributed by atoms with van der Waals surface area (Å²) in [5.74, 6) is 0. The molecule has 0 atom stereocenters. The number of rotatable bonds is 2. The summed E-state index contributed by atoms with van der Waals surface area (Å²) in [6.07, 6.45) is 3.52. The number of halogens is 1. The Bertz CT molecular complexity index is 642. The van der Waals surface area contributed by atoms with Crippen molar-refractivity contribution in [1.29, 1.82) is 0 Å². The van der Waals surface area contributed by atoms with Gasteiger partial charge in [0.05, 0.1) is 11.9 Å². The third-order valence-corrected chi connectivity index (χ3v) is 4.25. The molecule has 114 valence electrons. The molecule has 4 nitrogen and oxygen atoms in total. The van der Waals surface area contributed by atoms with Gasteiger partial charge < -0.3 is 15.1 Å². The van der Waals surface area contributed by atoms with E-state index in [2.05, 4.69) is 26.2 Å². The van der Waals surface area contributed by atoms with E-state index >= 15 is 0 Å². The van der Waals surface area contributed by atoms with Crippen molar-refractivity contribution in [3.63, 3.8) is 0 Å². The largest absolute Gasteiger partial charge is 0.368 e. The number of aromatic nitrogens is 1.